The predicted octanol–water partition coefficient (Wildman–Crippen LogP) is 0.779. The van der Waals surface area contributed by atoms with Crippen LogP contribution in [0.5, 0.6) is 0 Å². The second-order valence-corrected chi connectivity index (χ2v) is 5.65. The number of aromatic nitrogens is 2. The maximum absolute atomic E-state index is 12.0. The maximum Gasteiger partial charge on any atom is 0.241 e. The molecule has 1 heterocycles. The molecular weight excluding hydrogens is 252 g/mol. The van der Waals surface area contributed by atoms with Crippen molar-refractivity contribution in [1.82, 2.24) is 14.7 Å². The first-order valence-electron chi connectivity index (χ1n) is 5.33. The fourth-order valence-electron chi connectivity index (χ4n) is 1.43. The highest BCUT2D eigenvalue weighted by Gasteiger charge is 2.14. The molecule has 2 rings (SSSR count). The Hall–Kier alpha value is -1.86. The Morgan fingerprint density at radius 2 is 2.22 bits per heavy atom. The Kier molecular flexibility index (Phi) is 3.35. The summed E-state index contributed by atoms with van der Waals surface area (Å²) in [5.74, 6) is 0.554. The summed E-state index contributed by atoms with van der Waals surface area (Å²) in [4.78, 5) is 6.91. The lowest BCUT2D eigenvalue weighted by atomic mass is 10.2. The molecule has 1 aromatic heterocycles. The third kappa shape index (κ3) is 2.69. The topological polar surface area (TPSA) is 101 Å². The van der Waals surface area contributed by atoms with E-state index < -0.39 is 10.0 Å². The van der Waals surface area contributed by atoms with Crippen molar-refractivity contribution >= 4 is 15.7 Å². The number of benzene rings is 1. The van der Waals surface area contributed by atoms with Gasteiger partial charge < -0.3 is 10.7 Å². The molecule has 1 aromatic carbocycles. The maximum atomic E-state index is 12.0. The SMILES string of the molecule is Cc1ccc(S(=O)(=O)NCc2ncc[nH]2)cc1N. The number of H-pyrrole nitrogens is 1. The number of aromatic amines is 1. The van der Waals surface area contributed by atoms with Crippen molar-refractivity contribution in [2.45, 2.75) is 18.4 Å². The van der Waals surface area contributed by atoms with Gasteiger partial charge in [-0.3, -0.25) is 0 Å². The van der Waals surface area contributed by atoms with Crippen LogP contribution in [0, 0.1) is 6.92 Å². The van der Waals surface area contributed by atoms with Gasteiger partial charge in [0.2, 0.25) is 10.0 Å². The van der Waals surface area contributed by atoms with Crippen molar-refractivity contribution in [3.63, 3.8) is 0 Å². The predicted molar refractivity (Wildman–Crippen MR) is 68.2 cm³/mol. The van der Waals surface area contributed by atoms with E-state index in [1.54, 1.807) is 18.5 Å². The molecule has 96 valence electrons. The molecule has 0 radical (unpaired) electrons. The molecule has 0 bridgehead atoms. The van der Waals surface area contributed by atoms with Gasteiger partial charge in [0, 0.05) is 18.1 Å². The van der Waals surface area contributed by atoms with E-state index in [1.165, 1.54) is 12.1 Å². The minimum absolute atomic E-state index is 0.114. The molecule has 18 heavy (non-hydrogen) atoms. The first-order chi connectivity index (χ1) is 8.49. The summed E-state index contributed by atoms with van der Waals surface area (Å²) < 4.78 is 26.4. The van der Waals surface area contributed by atoms with Gasteiger partial charge in [0.15, 0.2) is 0 Å². The largest absolute Gasteiger partial charge is 0.398 e. The Bertz CT molecular complexity index is 635. The Morgan fingerprint density at radius 1 is 1.44 bits per heavy atom. The van der Waals surface area contributed by atoms with Crippen molar-refractivity contribution in [2.24, 2.45) is 0 Å². The van der Waals surface area contributed by atoms with E-state index in [2.05, 4.69) is 14.7 Å². The molecule has 0 aliphatic heterocycles. The van der Waals surface area contributed by atoms with Gasteiger partial charge in [-0.1, -0.05) is 6.07 Å². The van der Waals surface area contributed by atoms with Crippen LogP contribution < -0.4 is 10.5 Å². The summed E-state index contributed by atoms with van der Waals surface area (Å²) in [5.41, 5.74) is 7.00. The van der Waals surface area contributed by atoms with Crippen LogP contribution in [-0.2, 0) is 16.6 Å². The zero-order chi connectivity index (χ0) is 13.2. The zero-order valence-electron chi connectivity index (χ0n) is 9.84. The van der Waals surface area contributed by atoms with Gasteiger partial charge in [-0.05, 0) is 24.6 Å². The van der Waals surface area contributed by atoms with Crippen molar-refractivity contribution in [3.05, 3.63) is 42.0 Å². The number of nitrogens with one attached hydrogen (secondary N) is 2. The van der Waals surface area contributed by atoms with Crippen LogP contribution in [0.2, 0.25) is 0 Å². The molecule has 6 nitrogen and oxygen atoms in total. The van der Waals surface area contributed by atoms with Crippen LogP contribution in [0.1, 0.15) is 11.4 Å². The lowest BCUT2D eigenvalue weighted by Gasteiger charge is -2.07. The summed E-state index contributed by atoms with van der Waals surface area (Å²) in [5, 5.41) is 0. The molecule has 0 saturated carbocycles. The summed E-state index contributed by atoms with van der Waals surface area (Å²) >= 11 is 0. The number of anilines is 1. The zero-order valence-corrected chi connectivity index (χ0v) is 10.7. The first kappa shape index (κ1) is 12.6. The number of hydrogen-bond acceptors (Lipinski definition) is 4. The number of nitrogens with two attached hydrogens (primary N) is 1. The third-order valence-electron chi connectivity index (χ3n) is 2.55. The van der Waals surface area contributed by atoms with Gasteiger partial charge >= 0.3 is 0 Å². The molecule has 0 atom stereocenters. The molecule has 0 fully saturated rings. The smallest absolute Gasteiger partial charge is 0.241 e. The lowest BCUT2D eigenvalue weighted by Crippen LogP contribution is -2.24. The van der Waals surface area contributed by atoms with E-state index in [0.29, 0.717) is 11.5 Å². The number of aryl methyl sites for hydroxylation is 1. The standard InChI is InChI=1S/C11H14N4O2S/c1-8-2-3-9(6-10(8)12)18(16,17)15-7-11-13-4-5-14-11/h2-6,15H,7,12H2,1H3,(H,13,14). The average molecular weight is 266 g/mol. The van der Waals surface area contributed by atoms with Crippen molar-refractivity contribution in [3.8, 4) is 0 Å². The Labute approximate surface area is 105 Å². The van der Waals surface area contributed by atoms with Gasteiger partial charge in [0.05, 0.1) is 11.4 Å². The van der Waals surface area contributed by atoms with Crippen LogP contribution in [-0.4, -0.2) is 18.4 Å². The highest BCUT2D eigenvalue weighted by atomic mass is 32.2. The quantitative estimate of drug-likeness (QED) is 0.712. The molecule has 0 amide bonds. The van der Waals surface area contributed by atoms with Crippen LogP contribution in [0.25, 0.3) is 0 Å². The highest BCUT2D eigenvalue weighted by Crippen LogP contribution is 2.17. The van der Waals surface area contributed by atoms with Crippen LogP contribution in [0.15, 0.2) is 35.5 Å². The molecule has 4 N–H and O–H groups in total. The number of rotatable bonds is 4. The van der Waals surface area contributed by atoms with E-state index in [0.717, 1.165) is 5.56 Å². The first-order valence-corrected chi connectivity index (χ1v) is 6.81. The Balaban J connectivity index is 2.17. The van der Waals surface area contributed by atoms with Gasteiger partial charge in [0.1, 0.15) is 5.82 Å². The molecule has 0 unspecified atom stereocenters. The number of imidazole rings is 1. The van der Waals surface area contributed by atoms with Crippen LogP contribution in [0.3, 0.4) is 0 Å². The molecule has 2 aromatic rings. The second-order valence-electron chi connectivity index (χ2n) is 3.88. The summed E-state index contributed by atoms with van der Waals surface area (Å²) in [6, 6.07) is 4.65. The van der Waals surface area contributed by atoms with Gasteiger partial charge in [-0.15, -0.1) is 0 Å². The Morgan fingerprint density at radius 3 is 2.83 bits per heavy atom. The highest BCUT2D eigenvalue weighted by molar-refractivity contribution is 7.89. The van der Waals surface area contributed by atoms with E-state index in [-0.39, 0.29) is 11.4 Å². The fourth-order valence-corrected chi connectivity index (χ4v) is 2.45. The second kappa shape index (κ2) is 4.79. The molecule has 0 aliphatic carbocycles. The van der Waals surface area contributed by atoms with E-state index in [9.17, 15) is 8.42 Å². The van der Waals surface area contributed by atoms with Gasteiger partial charge in [-0.2, -0.15) is 0 Å². The molecule has 7 heteroatoms. The monoisotopic (exact) mass is 266 g/mol. The molecular formula is C11H14N4O2S. The van der Waals surface area contributed by atoms with Gasteiger partial charge in [0.25, 0.3) is 0 Å². The van der Waals surface area contributed by atoms with Crippen LogP contribution in [0.4, 0.5) is 5.69 Å². The minimum Gasteiger partial charge on any atom is -0.398 e. The fraction of sp³-hybridized carbons (Fsp3) is 0.182. The van der Waals surface area contributed by atoms with Crippen LogP contribution >= 0.6 is 0 Å². The average Bonchev–Trinajstić information content (AvgIpc) is 2.83. The molecule has 0 spiro atoms. The number of hydrogen-bond donors (Lipinski definition) is 3. The summed E-state index contributed by atoms with van der Waals surface area (Å²) in [6.45, 7) is 1.94. The van der Waals surface area contributed by atoms with E-state index in [4.69, 9.17) is 5.73 Å². The summed E-state index contributed by atoms with van der Waals surface area (Å²) in [6.07, 6.45) is 3.20. The van der Waals surface area contributed by atoms with Crippen molar-refractivity contribution < 1.29 is 8.42 Å². The van der Waals surface area contributed by atoms with Gasteiger partial charge in [-0.25, -0.2) is 18.1 Å². The number of nitrogens with zero attached hydrogens (tertiary/aromatic N) is 1. The third-order valence-corrected chi connectivity index (χ3v) is 3.94. The number of nitrogen functional groups attached to an aromatic ring is 1. The molecule has 0 aliphatic rings. The van der Waals surface area contributed by atoms with E-state index >= 15 is 0 Å². The molecule has 0 saturated heterocycles. The minimum atomic E-state index is -3.57. The van der Waals surface area contributed by atoms with Crippen molar-refractivity contribution in [1.29, 1.82) is 0 Å². The number of sulfonamides is 1. The lowest BCUT2D eigenvalue weighted by molar-refractivity contribution is 0.579. The van der Waals surface area contributed by atoms with E-state index in [1.807, 2.05) is 6.92 Å². The van der Waals surface area contributed by atoms with Crippen molar-refractivity contribution in [2.75, 3.05) is 5.73 Å². The summed E-state index contributed by atoms with van der Waals surface area (Å²) in [7, 11) is -3.57. The normalized spacial score (nSPS) is 11.6.